The second-order valence-electron chi connectivity index (χ2n) is 6.50. The van der Waals surface area contributed by atoms with Gasteiger partial charge in [-0.2, -0.15) is 4.73 Å². The van der Waals surface area contributed by atoms with E-state index in [9.17, 15) is 5.21 Å². The number of rotatable bonds is 2. The molecule has 2 nitrogen and oxygen atoms in total. The quantitative estimate of drug-likeness (QED) is 0.471. The number of nitrogens with zero attached hydrogens (tertiary/aromatic N) is 1. The molecule has 3 rings (SSSR count). The van der Waals surface area contributed by atoms with E-state index in [2.05, 4.69) is 32.9 Å². The van der Waals surface area contributed by atoms with Crippen LogP contribution in [0.25, 0.3) is 22.5 Å². The third kappa shape index (κ3) is 2.48. The van der Waals surface area contributed by atoms with Crippen LogP contribution in [0.5, 0.6) is 0 Å². The lowest BCUT2D eigenvalue weighted by Gasteiger charge is -2.19. The molecule has 0 spiro atoms. The van der Waals surface area contributed by atoms with Crippen molar-refractivity contribution in [2.45, 2.75) is 34.6 Å². The summed E-state index contributed by atoms with van der Waals surface area (Å²) in [6, 6.07) is 16.2. The van der Waals surface area contributed by atoms with Crippen molar-refractivity contribution in [1.82, 2.24) is 0 Å². The van der Waals surface area contributed by atoms with E-state index in [-0.39, 0.29) is 0 Å². The molecule has 0 bridgehead atoms. The fraction of sp³-hybridized carbons (Fsp3) is 0.227. The fourth-order valence-electron chi connectivity index (χ4n) is 3.35. The number of pyridine rings is 1. The Morgan fingerprint density at radius 2 is 0.958 bits per heavy atom. The Kier molecular flexibility index (Phi) is 4.15. The number of hydrogen-bond donors (Lipinski definition) is 0. The van der Waals surface area contributed by atoms with Crippen molar-refractivity contribution in [2.24, 2.45) is 0 Å². The minimum atomic E-state index is 0.759. The van der Waals surface area contributed by atoms with E-state index in [1.165, 1.54) is 5.56 Å². The average Bonchev–Trinajstić information content (AvgIpc) is 2.56. The van der Waals surface area contributed by atoms with Gasteiger partial charge in [0.2, 0.25) is 11.4 Å². The lowest BCUT2D eigenvalue weighted by molar-refractivity contribution is -0.582. The molecular formula is C22H23NO. The zero-order chi connectivity index (χ0) is 17.4. The van der Waals surface area contributed by atoms with Gasteiger partial charge in [0.05, 0.1) is 11.1 Å². The van der Waals surface area contributed by atoms with Crippen LogP contribution >= 0.6 is 0 Å². The number of hydrogen-bond acceptors (Lipinski definition) is 1. The fourth-order valence-corrected chi connectivity index (χ4v) is 3.35. The molecular weight excluding hydrogens is 294 g/mol. The Morgan fingerprint density at radius 1 is 0.583 bits per heavy atom. The van der Waals surface area contributed by atoms with Crippen LogP contribution in [0.15, 0.2) is 48.5 Å². The molecule has 24 heavy (non-hydrogen) atoms. The van der Waals surface area contributed by atoms with E-state index in [1.807, 2.05) is 50.2 Å². The first-order chi connectivity index (χ1) is 11.4. The van der Waals surface area contributed by atoms with Gasteiger partial charge in [0.1, 0.15) is 0 Å². The van der Waals surface area contributed by atoms with E-state index >= 15 is 0 Å². The second kappa shape index (κ2) is 6.12. The van der Waals surface area contributed by atoms with Crippen molar-refractivity contribution in [2.75, 3.05) is 0 Å². The first kappa shape index (κ1) is 16.3. The van der Waals surface area contributed by atoms with Crippen molar-refractivity contribution in [3.05, 3.63) is 81.6 Å². The number of benzene rings is 2. The summed E-state index contributed by atoms with van der Waals surface area (Å²) in [7, 11) is 0. The van der Waals surface area contributed by atoms with Gasteiger partial charge in [-0.1, -0.05) is 36.4 Å². The van der Waals surface area contributed by atoms with E-state index in [0.717, 1.165) is 49.5 Å². The molecule has 0 N–H and O–H groups in total. The molecule has 0 saturated carbocycles. The highest BCUT2D eigenvalue weighted by Gasteiger charge is 2.25. The molecule has 2 aromatic carbocycles. The van der Waals surface area contributed by atoms with Gasteiger partial charge in [-0.05, 0) is 63.4 Å². The molecule has 3 aromatic rings. The molecule has 0 radical (unpaired) electrons. The molecule has 2 heteroatoms. The minimum absolute atomic E-state index is 0.759. The van der Waals surface area contributed by atoms with Gasteiger partial charge in [0.15, 0.2) is 0 Å². The van der Waals surface area contributed by atoms with E-state index in [0.29, 0.717) is 0 Å². The molecule has 122 valence electrons. The van der Waals surface area contributed by atoms with Crippen LogP contribution in [-0.4, -0.2) is 0 Å². The molecule has 0 aliphatic rings. The second-order valence-corrected chi connectivity index (χ2v) is 6.50. The number of aromatic nitrogens is 1. The number of aryl methyl sites for hydroxylation is 2. The highest BCUT2D eigenvalue weighted by molar-refractivity contribution is 5.72. The van der Waals surface area contributed by atoms with Crippen LogP contribution < -0.4 is 4.73 Å². The SMILES string of the molecule is Cc1ccccc1-c1c(C)c(C)c(C)c(-c2ccccc2C)[n+]1[O-]. The Bertz CT molecular complexity index is 853. The minimum Gasteiger partial charge on any atom is -0.618 e. The van der Waals surface area contributed by atoms with Crippen LogP contribution in [0.3, 0.4) is 0 Å². The molecule has 0 saturated heterocycles. The van der Waals surface area contributed by atoms with Crippen LogP contribution in [0.2, 0.25) is 0 Å². The zero-order valence-corrected chi connectivity index (χ0v) is 15.0. The van der Waals surface area contributed by atoms with Crippen molar-refractivity contribution in [3.8, 4) is 22.5 Å². The predicted molar refractivity (Wildman–Crippen MR) is 100.0 cm³/mol. The molecule has 1 heterocycles. The predicted octanol–water partition coefficient (Wildman–Crippen LogP) is 5.20. The zero-order valence-electron chi connectivity index (χ0n) is 15.0. The smallest absolute Gasteiger partial charge is 0.227 e. The lowest BCUT2D eigenvalue weighted by atomic mass is 9.92. The van der Waals surface area contributed by atoms with Gasteiger partial charge < -0.3 is 5.21 Å². The maximum absolute atomic E-state index is 13.4. The first-order valence-corrected chi connectivity index (χ1v) is 8.28. The summed E-state index contributed by atoms with van der Waals surface area (Å²) >= 11 is 0. The van der Waals surface area contributed by atoms with Crippen LogP contribution in [0.1, 0.15) is 27.8 Å². The summed E-state index contributed by atoms with van der Waals surface area (Å²) in [6.07, 6.45) is 0. The largest absolute Gasteiger partial charge is 0.618 e. The highest BCUT2D eigenvalue weighted by atomic mass is 16.5. The maximum Gasteiger partial charge on any atom is 0.227 e. The van der Waals surface area contributed by atoms with Crippen LogP contribution in [-0.2, 0) is 0 Å². The van der Waals surface area contributed by atoms with Gasteiger partial charge in [-0.25, -0.2) is 0 Å². The summed E-state index contributed by atoms with van der Waals surface area (Å²) in [5.41, 5.74) is 9.03. The van der Waals surface area contributed by atoms with Crippen LogP contribution in [0.4, 0.5) is 0 Å². The summed E-state index contributed by atoms with van der Waals surface area (Å²) < 4.78 is 1.13. The van der Waals surface area contributed by atoms with Gasteiger partial charge in [-0.3, -0.25) is 0 Å². The topological polar surface area (TPSA) is 26.9 Å². The van der Waals surface area contributed by atoms with E-state index < -0.39 is 0 Å². The highest BCUT2D eigenvalue weighted by Crippen LogP contribution is 2.32. The molecule has 0 aliphatic carbocycles. The van der Waals surface area contributed by atoms with Gasteiger partial charge in [-0.15, -0.1) is 0 Å². The monoisotopic (exact) mass is 317 g/mol. The molecule has 0 unspecified atom stereocenters. The van der Waals surface area contributed by atoms with Crippen LogP contribution in [0, 0.1) is 39.8 Å². The summed E-state index contributed by atoms with van der Waals surface area (Å²) in [6.45, 7) is 10.3. The van der Waals surface area contributed by atoms with E-state index in [4.69, 9.17) is 0 Å². The Balaban J connectivity index is 2.42. The van der Waals surface area contributed by atoms with Crippen molar-refractivity contribution in [3.63, 3.8) is 0 Å². The molecule has 0 amide bonds. The van der Waals surface area contributed by atoms with Crippen molar-refractivity contribution in [1.29, 1.82) is 0 Å². The summed E-state index contributed by atoms with van der Waals surface area (Å²) in [4.78, 5) is 0. The average molecular weight is 317 g/mol. The molecule has 0 aliphatic heterocycles. The van der Waals surface area contributed by atoms with Gasteiger partial charge in [0, 0.05) is 11.1 Å². The third-order valence-electron chi connectivity index (χ3n) is 5.04. The summed E-state index contributed by atoms with van der Waals surface area (Å²) in [5.74, 6) is 0. The Hall–Kier alpha value is -2.61. The lowest BCUT2D eigenvalue weighted by Crippen LogP contribution is -2.35. The Labute approximate surface area is 144 Å². The van der Waals surface area contributed by atoms with Gasteiger partial charge in [0.25, 0.3) is 0 Å². The molecule has 0 fully saturated rings. The molecule has 0 atom stereocenters. The standard InChI is InChI=1S/C22H23NO/c1-14-10-6-8-12-19(14)21-17(4)16(3)18(5)22(23(21)24)20-13-9-7-11-15(20)2/h6-13H,1-5H3. The van der Waals surface area contributed by atoms with Crippen molar-refractivity contribution < 1.29 is 4.73 Å². The van der Waals surface area contributed by atoms with E-state index in [1.54, 1.807) is 0 Å². The third-order valence-corrected chi connectivity index (χ3v) is 5.04. The van der Waals surface area contributed by atoms with Gasteiger partial charge >= 0.3 is 0 Å². The normalized spacial score (nSPS) is 10.9. The maximum atomic E-state index is 13.4. The molecule has 1 aromatic heterocycles. The Morgan fingerprint density at radius 3 is 1.33 bits per heavy atom. The van der Waals surface area contributed by atoms with Crippen molar-refractivity contribution >= 4 is 0 Å². The summed E-state index contributed by atoms with van der Waals surface area (Å²) in [5, 5.41) is 13.4. The first-order valence-electron chi connectivity index (χ1n) is 8.28.